The Morgan fingerprint density at radius 2 is 1.70 bits per heavy atom. The van der Waals surface area contributed by atoms with E-state index in [1.165, 1.54) is 12.1 Å². The van der Waals surface area contributed by atoms with Crippen molar-refractivity contribution in [1.29, 1.82) is 0 Å². The van der Waals surface area contributed by atoms with Gasteiger partial charge in [-0.15, -0.1) is 0 Å². The molecule has 1 fully saturated rings. The van der Waals surface area contributed by atoms with E-state index in [2.05, 4.69) is 5.32 Å². The highest BCUT2D eigenvalue weighted by molar-refractivity contribution is 6.42. The second kappa shape index (κ2) is 5.36. The zero-order valence-electron chi connectivity index (χ0n) is 10.8. The standard InChI is InChI=1S/C16H14Cl2FN/c17-14-6-1-11(7-15(14)18)8-16(9-20-10-16)12-2-4-13(19)5-3-12/h1-7,20H,8-10H2. The molecule has 0 amide bonds. The number of hydrogen-bond donors (Lipinski definition) is 1. The van der Waals surface area contributed by atoms with Crippen molar-refractivity contribution >= 4 is 23.2 Å². The summed E-state index contributed by atoms with van der Waals surface area (Å²) >= 11 is 12.0. The van der Waals surface area contributed by atoms with Gasteiger partial charge in [0.2, 0.25) is 0 Å². The van der Waals surface area contributed by atoms with Gasteiger partial charge in [-0.1, -0.05) is 41.4 Å². The van der Waals surface area contributed by atoms with Crippen molar-refractivity contribution in [2.24, 2.45) is 0 Å². The van der Waals surface area contributed by atoms with E-state index in [1.54, 1.807) is 0 Å². The van der Waals surface area contributed by atoms with Crippen LogP contribution in [0.3, 0.4) is 0 Å². The fraction of sp³-hybridized carbons (Fsp3) is 0.250. The quantitative estimate of drug-likeness (QED) is 0.895. The number of nitrogens with one attached hydrogen (secondary N) is 1. The summed E-state index contributed by atoms with van der Waals surface area (Å²) in [4.78, 5) is 0. The van der Waals surface area contributed by atoms with Crippen molar-refractivity contribution in [3.63, 3.8) is 0 Å². The molecule has 0 aliphatic carbocycles. The maximum Gasteiger partial charge on any atom is 0.123 e. The number of halogens is 3. The Hall–Kier alpha value is -1.09. The SMILES string of the molecule is Fc1ccc(C2(Cc3ccc(Cl)c(Cl)c3)CNC2)cc1. The first kappa shape index (κ1) is 13.9. The third-order valence-electron chi connectivity index (χ3n) is 3.91. The van der Waals surface area contributed by atoms with Crippen molar-refractivity contribution in [2.75, 3.05) is 13.1 Å². The summed E-state index contributed by atoms with van der Waals surface area (Å²) in [6, 6.07) is 12.5. The first-order valence-corrected chi connectivity index (χ1v) is 7.25. The van der Waals surface area contributed by atoms with Gasteiger partial charge in [0.1, 0.15) is 5.82 Å². The summed E-state index contributed by atoms with van der Waals surface area (Å²) in [7, 11) is 0. The van der Waals surface area contributed by atoms with E-state index >= 15 is 0 Å². The lowest BCUT2D eigenvalue weighted by atomic mass is 9.71. The van der Waals surface area contributed by atoms with E-state index < -0.39 is 0 Å². The van der Waals surface area contributed by atoms with Crippen LogP contribution in [0.2, 0.25) is 10.0 Å². The van der Waals surface area contributed by atoms with Crippen LogP contribution in [0.25, 0.3) is 0 Å². The minimum absolute atomic E-state index is 0.0187. The molecule has 20 heavy (non-hydrogen) atoms. The summed E-state index contributed by atoms with van der Waals surface area (Å²) in [5.41, 5.74) is 2.32. The number of rotatable bonds is 3. The van der Waals surface area contributed by atoms with E-state index in [9.17, 15) is 4.39 Å². The topological polar surface area (TPSA) is 12.0 Å². The molecule has 4 heteroatoms. The Bertz CT molecular complexity index is 621. The molecule has 3 rings (SSSR count). The van der Waals surface area contributed by atoms with Gasteiger partial charge in [0.25, 0.3) is 0 Å². The Labute approximate surface area is 127 Å². The van der Waals surface area contributed by atoms with Crippen molar-refractivity contribution < 1.29 is 4.39 Å². The lowest BCUT2D eigenvalue weighted by Crippen LogP contribution is -2.58. The van der Waals surface area contributed by atoms with Crippen LogP contribution in [0, 0.1) is 5.82 Å². The highest BCUT2D eigenvalue weighted by Crippen LogP contribution is 2.34. The van der Waals surface area contributed by atoms with Crippen molar-refractivity contribution in [1.82, 2.24) is 5.32 Å². The van der Waals surface area contributed by atoms with Gasteiger partial charge in [0, 0.05) is 18.5 Å². The van der Waals surface area contributed by atoms with Crippen molar-refractivity contribution in [3.8, 4) is 0 Å². The van der Waals surface area contributed by atoms with Crippen LogP contribution in [0.4, 0.5) is 4.39 Å². The molecule has 104 valence electrons. The molecule has 1 heterocycles. The molecule has 0 bridgehead atoms. The van der Waals surface area contributed by atoms with Crippen LogP contribution >= 0.6 is 23.2 Å². The molecule has 0 atom stereocenters. The lowest BCUT2D eigenvalue weighted by molar-refractivity contribution is 0.274. The lowest BCUT2D eigenvalue weighted by Gasteiger charge is -2.43. The average molecular weight is 310 g/mol. The molecular weight excluding hydrogens is 296 g/mol. The Balaban J connectivity index is 1.89. The second-order valence-electron chi connectivity index (χ2n) is 5.32. The summed E-state index contributed by atoms with van der Waals surface area (Å²) in [5.74, 6) is -0.203. The van der Waals surface area contributed by atoms with Crippen LogP contribution in [0.5, 0.6) is 0 Å². The summed E-state index contributed by atoms with van der Waals surface area (Å²) in [6.45, 7) is 1.78. The molecule has 2 aromatic carbocycles. The minimum atomic E-state index is -0.203. The van der Waals surface area contributed by atoms with E-state index in [4.69, 9.17) is 23.2 Å². The van der Waals surface area contributed by atoms with E-state index in [1.807, 2.05) is 30.3 Å². The minimum Gasteiger partial charge on any atom is -0.315 e. The molecule has 0 spiro atoms. The first-order chi connectivity index (χ1) is 9.59. The smallest absolute Gasteiger partial charge is 0.123 e. The van der Waals surface area contributed by atoms with Crippen LogP contribution in [0.1, 0.15) is 11.1 Å². The molecule has 1 saturated heterocycles. The van der Waals surface area contributed by atoms with Crippen molar-refractivity contribution in [2.45, 2.75) is 11.8 Å². The summed E-state index contributed by atoms with van der Waals surface area (Å²) < 4.78 is 13.1. The van der Waals surface area contributed by atoms with Crippen molar-refractivity contribution in [3.05, 3.63) is 69.5 Å². The van der Waals surface area contributed by atoms with Gasteiger partial charge in [0.05, 0.1) is 10.0 Å². The Kier molecular flexibility index (Phi) is 3.72. The van der Waals surface area contributed by atoms with E-state index in [0.717, 1.165) is 30.6 Å². The van der Waals surface area contributed by atoms with Gasteiger partial charge in [-0.25, -0.2) is 4.39 Å². The Morgan fingerprint density at radius 1 is 1.00 bits per heavy atom. The van der Waals surface area contributed by atoms with Crippen LogP contribution in [-0.2, 0) is 11.8 Å². The van der Waals surface area contributed by atoms with Gasteiger partial charge in [-0.2, -0.15) is 0 Å². The predicted molar refractivity (Wildman–Crippen MR) is 81.1 cm³/mol. The molecule has 1 nitrogen and oxygen atoms in total. The second-order valence-corrected chi connectivity index (χ2v) is 6.13. The maximum atomic E-state index is 13.1. The molecule has 0 radical (unpaired) electrons. The fourth-order valence-electron chi connectivity index (χ4n) is 2.70. The third kappa shape index (κ3) is 2.56. The highest BCUT2D eigenvalue weighted by Gasteiger charge is 2.38. The van der Waals surface area contributed by atoms with Crippen LogP contribution < -0.4 is 5.32 Å². The normalized spacial score (nSPS) is 16.8. The predicted octanol–water partition coefficient (Wildman–Crippen LogP) is 4.22. The highest BCUT2D eigenvalue weighted by atomic mass is 35.5. The monoisotopic (exact) mass is 309 g/mol. The fourth-order valence-corrected chi connectivity index (χ4v) is 3.02. The molecular formula is C16H14Cl2FN. The van der Waals surface area contributed by atoms with Gasteiger partial charge in [-0.3, -0.25) is 0 Å². The molecule has 1 aliphatic heterocycles. The first-order valence-electron chi connectivity index (χ1n) is 6.50. The van der Waals surface area contributed by atoms with E-state index in [-0.39, 0.29) is 11.2 Å². The number of hydrogen-bond acceptors (Lipinski definition) is 1. The summed E-state index contributed by atoms with van der Waals surface area (Å²) in [5, 5.41) is 4.45. The average Bonchev–Trinajstić information content (AvgIpc) is 2.39. The van der Waals surface area contributed by atoms with Gasteiger partial charge >= 0.3 is 0 Å². The molecule has 1 aliphatic rings. The number of benzene rings is 2. The van der Waals surface area contributed by atoms with E-state index in [0.29, 0.717) is 10.0 Å². The molecule has 1 N–H and O–H groups in total. The molecule has 2 aromatic rings. The van der Waals surface area contributed by atoms with Crippen LogP contribution in [-0.4, -0.2) is 13.1 Å². The summed E-state index contributed by atoms with van der Waals surface area (Å²) in [6.07, 6.45) is 0.864. The maximum absolute atomic E-state index is 13.1. The molecule has 0 saturated carbocycles. The third-order valence-corrected chi connectivity index (χ3v) is 4.65. The zero-order valence-corrected chi connectivity index (χ0v) is 12.3. The van der Waals surface area contributed by atoms with Gasteiger partial charge < -0.3 is 5.32 Å². The van der Waals surface area contributed by atoms with Gasteiger partial charge in [-0.05, 0) is 41.8 Å². The molecule has 0 aromatic heterocycles. The molecule has 0 unspecified atom stereocenters. The van der Waals surface area contributed by atoms with Gasteiger partial charge in [0.15, 0.2) is 0 Å². The Morgan fingerprint density at radius 3 is 2.25 bits per heavy atom. The zero-order chi connectivity index (χ0) is 14.2. The largest absolute Gasteiger partial charge is 0.315 e. The van der Waals surface area contributed by atoms with Crippen LogP contribution in [0.15, 0.2) is 42.5 Å².